The minimum Gasteiger partial charge on any atom is -0.371 e. The first-order valence-corrected chi connectivity index (χ1v) is 10.7. The van der Waals surface area contributed by atoms with Crippen LogP contribution in [0, 0.1) is 0 Å². The van der Waals surface area contributed by atoms with E-state index in [-0.39, 0.29) is 0 Å². The number of nitrogens with zero attached hydrogens (tertiary/aromatic N) is 2. The zero-order valence-corrected chi connectivity index (χ0v) is 15.7. The number of rotatable bonds is 1. The van der Waals surface area contributed by atoms with Gasteiger partial charge in [0.1, 0.15) is 0 Å². The molecular weight excluding hydrogens is 316 g/mol. The standard InChI is InChI=1S/C24H28N2/c1-5-17-13-21(14-18-6-2-10-25(9-1)23(17)18)22-15-19-7-3-11-26-12-4-8-20(16-22)24(19)26/h13-16H,1-12H2. The second-order valence-corrected chi connectivity index (χ2v) is 8.67. The Bertz CT molecular complexity index is 746. The minimum atomic E-state index is 1.26. The fourth-order valence-electron chi connectivity index (χ4n) is 5.94. The van der Waals surface area contributed by atoms with E-state index in [0.717, 1.165) is 0 Å². The van der Waals surface area contributed by atoms with Crippen LogP contribution in [-0.2, 0) is 25.7 Å². The van der Waals surface area contributed by atoms with E-state index >= 15 is 0 Å². The molecule has 26 heavy (non-hydrogen) atoms. The predicted molar refractivity (Wildman–Crippen MR) is 110 cm³/mol. The summed E-state index contributed by atoms with van der Waals surface area (Å²) in [5, 5.41) is 0. The first-order valence-electron chi connectivity index (χ1n) is 10.7. The van der Waals surface area contributed by atoms with Crippen LogP contribution in [0.5, 0.6) is 0 Å². The van der Waals surface area contributed by atoms with E-state index in [0.29, 0.717) is 0 Å². The molecule has 0 N–H and O–H groups in total. The fraction of sp³-hybridized carbons (Fsp3) is 0.500. The second kappa shape index (κ2) is 5.77. The van der Waals surface area contributed by atoms with E-state index in [1.807, 2.05) is 0 Å². The highest BCUT2D eigenvalue weighted by Gasteiger charge is 2.27. The maximum absolute atomic E-state index is 2.65. The summed E-state index contributed by atoms with van der Waals surface area (Å²) in [6.45, 7) is 5.05. The van der Waals surface area contributed by atoms with Crippen LogP contribution in [0.2, 0.25) is 0 Å². The van der Waals surface area contributed by atoms with Gasteiger partial charge in [0.05, 0.1) is 0 Å². The van der Waals surface area contributed by atoms with Gasteiger partial charge in [-0.15, -0.1) is 0 Å². The lowest BCUT2D eigenvalue weighted by molar-refractivity contribution is 0.633. The third kappa shape index (κ3) is 2.24. The van der Waals surface area contributed by atoms with Gasteiger partial charge >= 0.3 is 0 Å². The van der Waals surface area contributed by atoms with Crippen LogP contribution in [0.3, 0.4) is 0 Å². The van der Waals surface area contributed by atoms with Gasteiger partial charge in [-0.25, -0.2) is 0 Å². The zero-order valence-electron chi connectivity index (χ0n) is 15.7. The molecular formula is C24H28N2. The summed E-state index contributed by atoms with van der Waals surface area (Å²) in [6.07, 6.45) is 10.3. The van der Waals surface area contributed by atoms with Crippen molar-refractivity contribution >= 4 is 11.4 Å². The van der Waals surface area contributed by atoms with Gasteiger partial charge in [0.25, 0.3) is 0 Å². The lowest BCUT2D eigenvalue weighted by Crippen LogP contribution is -2.34. The summed E-state index contributed by atoms with van der Waals surface area (Å²) >= 11 is 0. The van der Waals surface area contributed by atoms with Crippen LogP contribution >= 0.6 is 0 Å². The lowest BCUT2D eigenvalue weighted by Gasteiger charge is -2.38. The predicted octanol–water partition coefficient (Wildman–Crippen LogP) is 4.75. The third-order valence-electron chi connectivity index (χ3n) is 7.00. The average molecular weight is 345 g/mol. The van der Waals surface area contributed by atoms with E-state index in [2.05, 4.69) is 34.1 Å². The molecule has 0 saturated carbocycles. The molecule has 0 atom stereocenters. The van der Waals surface area contributed by atoms with Crippen molar-refractivity contribution in [2.75, 3.05) is 36.0 Å². The minimum absolute atomic E-state index is 1.26. The van der Waals surface area contributed by atoms with Crippen LogP contribution in [0.4, 0.5) is 11.4 Å². The van der Waals surface area contributed by atoms with Gasteiger partial charge in [-0.2, -0.15) is 0 Å². The smallest absolute Gasteiger partial charge is 0.0431 e. The average Bonchev–Trinajstić information content (AvgIpc) is 2.69. The summed E-state index contributed by atoms with van der Waals surface area (Å²) < 4.78 is 0. The molecule has 0 bridgehead atoms. The van der Waals surface area contributed by atoms with E-state index in [1.165, 1.54) is 88.7 Å². The van der Waals surface area contributed by atoms with Crippen molar-refractivity contribution in [1.29, 1.82) is 0 Å². The molecule has 4 heterocycles. The van der Waals surface area contributed by atoms with Gasteiger partial charge in [-0.05, 0) is 109 Å². The molecule has 0 radical (unpaired) electrons. The van der Waals surface area contributed by atoms with E-state index in [4.69, 9.17) is 0 Å². The molecule has 2 heteroatoms. The van der Waals surface area contributed by atoms with Crippen LogP contribution in [0.15, 0.2) is 24.3 Å². The highest BCUT2D eigenvalue weighted by molar-refractivity contribution is 5.77. The normalized spacial score (nSPS) is 20.6. The molecule has 2 aromatic rings. The SMILES string of the molecule is c1c(-c2cc3c4c(c2)CCCN4CCC3)cc2c3c1CCCN3CCC2. The Morgan fingerprint density at radius 3 is 1.08 bits per heavy atom. The van der Waals surface area contributed by atoms with E-state index < -0.39 is 0 Å². The molecule has 4 aliphatic rings. The van der Waals surface area contributed by atoms with Crippen molar-refractivity contribution in [1.82, 2.24) is 0 Å². The molecule has 0 amide bonds. The Balaban J connectivity index is 1.50. The Morgan fingerprint density at radius 2 is 0.769 bits per heavy atom. The molecule has 134 valence electrons. The largest absolute Gasteiger partial charge is 0.371 e. The van der Waals surface area contributed by atoms with Crippen molar-refractivity contribution in [2.45, 2.75) is 51.4 Å². The van der Waals surface area contributed by atoms with Crippen LogP contribution in [0.1, 0.15) is 47.9 Å². The lowest BCUT2D eigenvalue weighted by atomic mass is 9.85. The van der Waals surface area contributed by atoms with Crippen LogP contribution in [-0.4, -0.2) is 26.2 Å². The molecule has 0 saturated heterocycles. The molecule has 0 spiro atoms. The highest BCUT2D eigenvalue weighted by Crippen LogP contribution is 2.42. The third-order valence-corrected chi connectivity index (χ3v) is 7.00. The van der Waals surface area contributed by atoms with Gasteiger partial charge in [-0.3, -0.25) is 0 Å². The Morgan fingerprint density at radius 1 is 0.462 bits per heavy atom. The van der Waals surface area contributed by atoms with Crippen molar-refractivity contribution < 1.29 is 0 Å². The summed E-state index contributed by atoms with van der Waals surface area (Å²) in [6, 6.07) is 10.1. The van der Waals surface area contributed by atoms with Crippen molar-refractivity contribution in [3.63, 3.8) is 0 Å². The van der Waals surface area contributed by atoms with Gasteiger partial charge in [0, 0.05) is 37.6 Å². The first kappa shape index (κ1) is 15.1. The molecule has 0 unspecified atom stereocenters. The summed E-state index contributed by atoms with van der Waals surface area (Å²) in [4.78, 5) is 5.30. The Hall–Kier alpha value is -1.96. The van der Waals surface area contributed by atoms with Crippen LogP contribution < -0.4 is 9.80 Å². The number of hydrogen-bond acceptors (Lipinski definition) is 2. The van der Waals surface area contributed by atoms with Gasteiger partial charge in [0.15, 0.2) is 0 Å². The van der Waals surface area contributed by atoms with E-state index in [1.54, 1.807) is 33.6 Å². The topological polar surface area (TPSA) is 6.48 Å². The number of hydrogen-bond donors (Lipinski definition) is 0. The van der Waals surface area contributed by atoms with E-state index in [9.17, 15) is 0 Å². The molecule has 0 aromatic heterocycles. The quantitative estimate of drug-likeness (QED) is 0.736. The molecule has 2 nitrogen and oxygen atoms in total. The highest BCUT2D eigenvalue weighted by atomic mass is 15.1. The second-order valence-electron chi connectivity index (χ2n) is 8.67. The van der Waals surface area contributed by atoms with Crippen molar-refractivity contribution in [3.8, 4) is 11.1 Å². The Kier molecular flexibility index (Phi) is 3.36. The van der Waals surface area contributed by atoms with Gasteiger partial charge in [-0.1, -0.05) is 0 Å². The molecule has 0 aliphatic carbocycles. The summed E-state index contributed by atoms with van der Waals surface area (Å²) in [5.74, 6) is 0. The summed E-state index contributed by atoms with van der Waals surface area (Å²) in [5.41, 5.74) is 12.6. The molecule has 2 aromatic carbocycles. The van der Waals surface area contributed by atoms with Crippen molar-refractivity contribution in [3.05, 3.63) is 46.5 Å². The number of anilines is 2. The number of benzene rings is 2. The van der Waals surface area contributed by atoms with Gasteiger partial charge in [0.2, 0.25) is 0 Å². The number of aryl methyl sites for hydroxylation is 4. The monoisotopic (exact) mass is 344 g/mol. The fourth-order valence-corrected chi connectivity index (χ4v) is 5.94. The van der Waals surface area contributed by atoms with Crippen LogP contribution in [0.25, 0.3) is 11.1 Å². The first-order chi connectivity index (χ1) is 12.9. The zero-order chi connectivity index (χ0) is 17.1. The Labute approximate surface area is 156 Å². The molecule has 4 aliphatic heterocycles. The summed E-state index contributed by atoms with van der Waals surface area (Å²) in [7, 11) is 0. The van der Waals surface area contributed by atoms with Crippen molar-refractivity contribution in [2.24, 2.45) is 0 Å². The maximum Gasteiger partial charge on any atom is 0.0431 e. The molecule has 6 rings (SSSR count). The maximum atomic E-state index is 2.65. The van der Waals surface area contributed by atoms with Gasteiger partial charge < -0.3 is 9.80 Å². The molecule has 0 fully saturated rings.